The van der Waals surface area contributed by atoms with Crippen LogP contribution in [-0.4, -0.2) is 6.72 Å². The molecule has 0 spiro atoms. The van der Waals surface area contributed by atoms with Gasteiger partial charge >= 0.3 is 0 Å². The van der Waals surface area contributed by atoms with Gasteiger partial charge < -0.3 is 0 Å². The molecule has 0 fully saturated rings. The largest absolute Gasteiger partial charge is 0.264 e. The fraction of sp³-hybridized carbons (Fsp3) is 0.0625. The summed E-state index contributed by atoms with van der Waals surface area (Å²) in [4.78, 5) is 4.92. The van der Waals surface area contributed by atoms with E-state index >= 15 is 0 Å². The minimum atomic E-state index is -0.214. The fourth-order valence-electron chi connectivity index (χ4n) is 1.68. The van der Waals surface area contributed by atoms with Gasteiger partial charge in [0.1, 0.15) is 5.82 Å². The molecule has 96 valence electrons. The number of rotatable bonds is 5. The molecular weight excluding hydrogens is 257 g/mol. The minimum Gasteiger partial charge on any atom is -0.264 e. The first-order valence-electron chi connectivity index (χ1n) is 5.83. The van der Waals surface area contributed by atoms with Crippen molar-refractivity contribution in [3.63, 3.8) is 0 Å². The summed E-state index contributed by atoms with van der Waals surface area (Å²) in [6.45, 7) is 7.63. The van der Waals surface area contributed by atoms with Crippen molar-refractivity contribution < 1.29 is 4.39 Å². The van der Waals surface area contributed by atoms with Crippen LogP contribution in [0.1, 0.15) is 11.1 Å². The second kappa shape index (κ2) is 6.34. The lowest BCUT2D eigenvalue weighted by Gasteiger charge is -2.08. The van der Waals surface area contributed by atoms with Gasteiger partial charge in [0.2, 0.25) is 0 Å². The predicted molar refractivity (Wildman–Crippen MR) is 82.4 cm³/mol. The molecule has 0 N–H and O–H groups in total. The maximum atomic E-state index is 12.8. The van der Waals surface area contributed by atoms with E-state index in [1.54, 1.807) is 23.9 Å². The topological polar surface area (TPSA) is 12.4 Å². The van der Waals surface area contributed by atoms with E-state index in [1.807, 2.05) is 24.3 Å². The van der Waals surface area contributed by atoms with Crippen LogP contribution in [0.3, 0.4) is 0 Å². The Labute approximate surface area is 116 Å². The Bertz CT molecular complexity index is 590. The summed E-state index contributed by atoms with van der Waals surface area (Å²) in [5.41, 5.74) is 2.89. The highest BCUT2D eigenvalue weighted by atomic mass is 32.2. The molecule has 0 bridgehead atoms. The molecule has 19 heavy (non-hydrogen) atoms. The van der Waals surface area contributed by atoms with Gasteiger partial charge in [-0.2, -0.15) is 0 Å². The molecule has 2 aromatic rings. The van der Waals surface area contributed by atoms with E-state index < -0.39 is 0 Å². The highest BCUT2D eigenvalue weighted by Gasteiger charge is 2.05. The van der Waals surface area contributed by atoms with Crippen LogP contribution in [0.25, 0.3) is 4.91 Å². The van der Waals surface area contributed by atoms with Gasteiger partial charge in [0, 0.05) is 16.2 Å². The summed E-state index contributed by atoms with van der Waals surface area (Å²) in [6, 6.07) is 14.3. The third kappa shape index (κ3) is 3.55. The van der Waals surface area contributed by atoms with Gasteiger partial charge in [-0.15, -0.1) is 11.8 Å². The number of benzene rings is 2. The number of aliphatic imine (C=N–C) groups is 1. The van der Waals surface area contributed by atoms with E-state index in [0.717, 1.165) is 27.5 Å². The maximum absolute atomic E-state index is 12.8. The molecular formula is C16H14FNS. The fourth-order valence-corrected chi connectivity index (χ4v) is 2.54. The van der Waals surface area contributed by atoms with Crippen LogP contribution < -0.4 is 0 Å². The molecule has 0 aliphatic rings. The first-order chi connectivity index (χ1) is 9.20. The number of hydrogen-bond acceptors (Lipinski definition) is 2. The molecule has 0 saturated carbocycles. The Morgan fingerprint density at radius 3 is 2.47 bits per heavy atom. The van der Waals surface area contributed by atoms with E-state index in [0.29, 0.717) is 0 Å². The van der Waals surface area contributed by atoms with E-state index in [-0.39, 0.29) is 5.82 Å². The highest BCUT2D eigenvalue weighted by molar-refractivity contribution is 8.07. The second-order valence-corrected chi connectivity index (χ2v) is 5.08. The van der Waals surface area contributed by atoms with Gasteiger partial charge in [-0.3, -0.25) is 4.99 Å². The van der Waals surface area contributed by atoms with Crippen molar-refractivity contribution in [2.24, 2.45) is 4.99 Å². The molecule has 1 nitrogen and oxygen atoms in total. The third-order valence-corrected chi connectivity index (χ3v) is 3.75. The lowest BCUT2D eigenvalue weighted by molar-refractivity contribution is 0.627. The van der Waals surface area contributed by atoms with E-state index in [1.165, 1.54) is 12.1 Å². The normalized spacial score (nSPS) is 10.2. The van der Waals surface area contributed by atoms with Crippen LogP contribution in [0.4, 0.5) is 10.1 Å². The van der Waals surface area contributed by atoms with Crippen LogP contribution in [-0.2, 0) is 5.75 Å². The molecule has 0 radical (unpaired) electrons. The first-order valence-corrected chi connectivity index (χ1v) is 6.81. The van der Waals surface area contributed by atoms with Crippen molar-refractivity contribution in [1.29, 1.82) is 0 Å². The molecule has 0 unspecified atom stereocenters. The lowest BCUT2D eigenvalue weighted by atomic mass is 10.2. The standard InChI is InChI=1S/C16H14FNS/c1-12(15-5-3-4-6-16(15)18-2)19-11-13-7-9-14(17)10-8-13/h3-10H,1-2,11H2. The van der Waals surface area contributed by atoms with E-state index in [2.05, 4.69) is 18.3 Å². The molecule has 0 atom stereocenters. The number of para-hydroxylation sites is 1. The average molecular weight is 271 g/mol. The SMILES string of the molecule is C=Nc1ccccc1C(=C)SCc1ccc(F)cc1. The summed E-state index contributed by atoms with van der Waals surface area (Å²) >= 11 is 1.61. The molecule has 2 aromatic carbocycles. The van der Waals surface area contributed by atoms with Crippen molar-refractivity contribution in [2.45, 2.75) is 5.75 Å². The minimum absolute atomic E-state index is 0.214. The van der Waals surface area contributed by atoms with Crippen LogP contribution in [0.5, 0.6) is 0 Å². The van der Waals surface area contributed by atoms with Crippen molar-refractivity contribution in [3.8, 4) is 0 Å². The number of nitrogens with zero attached hydrogens (tertiary/aromatic N) is 1. The van der Waals surface area contributed by atoms with E-state index in [4.69, 9.17) is 0 Å². The van der Waals surface area contributed by atoms with Gasteiger partial charge in [0.15, 0.2) is 0 Å². The Kier molecular flexibility index (Phi) is 4.53. The summed E-state index contributed by atoms with van der Waals surface area (Å²) < 4.78 is 12.8. The first kappa shape index (κ1) is 13.6. The zero-order valence-corrected chi connectivity index (χ0v) is 11.3. The lowest BCUT2D eigenvalue weighted by Crippen LogP contribution is -1.84. The van der Waals surface area contributed by atoms with Crippen molar-refractivity contribution in [3.05, 3.63) is 72.1 Å². The summed E-state index contributed by atoms with van der Waals surface area (Å²) in [7, 11) is 0. The Morgan fingerprint density at radius 2 is 1.79 bits per heavy atom. The average Bonchev–Trinajstić information content (AvgIpc) is 2.46. The molecule has 0 aliphatic heterocycles. The number of thioether (sulfide) groups is 1. The van der Waals surface area contributed by atoms with Crippen molar-refractivity contribution in [2.75, 3.05) is 0 Å². The smallest absolute Gasteiger partial charge is 0.123 e. The third-order valence-electron chi connectivity index (χ3n) is 2.70. The Morgan fingerprint density at radius 1 is 1.11 bits per heavy atom. The zero-order chi connectivity index (χ0) is 13.7. The Hall–Kier alpha value is -1.87. The van der Waals surface area contributed by atoms with Gasteiger partial charge in [-0.1, -0.05) is 36.9 Å². The van der Waals surface area contributed by atoms with Crippen LogP contribution in [0, 0.1) is 5.82 Å². The summed E-state index contributed by atoms with van der Waals surface area (Å²) in [6.07, 6.45) is 0. The zero-order valence-electron chi connectivity index (χ0n) is 10.5. The monoisotopic (exact) mass is 271 g/mol. The Balaban J connectivity index is 2.05. The number of hydrogen-bond donors (Lipinski definition) is 0. The summed E-state index contributed by atoms with van der Waals surface area (Å²) in [5, 5.41) is 0. The van der Waals surface area contributed by atoms with Crippen LogP contribution >= 0.6 is 11.8 Å². The molecule has 0 saturated heterocycles. The number of halogens is 1. The molecule has 0 aromatic heterocycles. The predicted octanol–water partition coefficient (Wildman–Crippen LogP) is 5.06. The quantitative estimate of drug-likeness (QED) is 0.692. The van der Waals surface area contributed by atoms with Crippen LogP contribution in [0.15, 0.2) is 60.1 Å². The molecule has 2 rings (SSSR count). The highest BCUT2D eigenvalue weighted by Crippen LogP contribution is 2.34. The van der Waals surface area contributed by atoms with Crippen molar-refractivity contribution in [1.82, 2.24) is 0 Å². The van der Waals surface area contributed by atoms with Gasteiger partial charge in [-0.05, 0) is 30.5 Å². The second-order valence-electron chi connectivity index (χ2n) is 4.01. The van der Waals surface area contributed by atoms with Gasteiger partial charge in [-0.25, -0.2) is 4.39 Å². The molecule has 0 amide bonds. The maximum Gasteiger partial charge on any atom is 0.123 e. The van der Waals surface area contributed by atoms with Gasteiger partial charge in [0.05, 0.1) is 5.69 Å². The molecule has 3 heteroatoms. The van der Waals surface area contributed by atoms with Crippen LogP contribution in [0.2, 0.25) is 0 Å². The molecule has 0 aliphatic carbocycles. The van der Waals surface area contributed by atoms with Crippen molar-refractivity contribution >= 4 is 29.1 Å². The van der Waals surface area contributed by atoms with Gasteiger partial charge in [0.25, 0.3) is 0 Å². The molecule has 0 heterocycles. The van der Waals surface area contributed by atoms with E-state index in [9.17, 15) is 4.39 Å². The summed E-state index contributed by atoms with van der Waals surface area (Å²) in [5.74, 6) is 0.540.